The molecule has 1 aliphatic carbocycles. The molecule has 5 aromatic rings. The number of aryl methyl sites for hydroxylation is 2. The summed E-state index contributed by atoms with van der Waals surface area (Å²) in [6, 6.07) is 6.80. The van der Waals surface area contributed by atoms with E-state index in [4.69, 9.17) is 15.1 Å². The van der Waals surface area contributed by atoms with Gasteiger partial charge in [0.05, 0.1) is 25.0 Å². The molecule has 0 saturated heterocycles. The lowest BCUT2D eigenvalue weighted by Crippen LogP contribution is -2.25. The van der Waals surface area contributed by atoms with Crippen LogP contribution in [0.4, 0.5) is 13.2 Å². The quantitative estimate of drug-likeness (QED) is 0.331. The summed E-state index contributed by atoms with van der Waals surface area (Å²) >= 11 is 0. The first-order chi connectivity index (χ1) is 19.1. The Morgan fingerprint density at radius 1 is 1.05 bits per heavy atom. The molecule has 1 aliphatic rings. The Hall–Kier alpha value is -4.55. The van der Waals surface area contributed by atoms with E-state index >= 15 is 0 Å². The van der Waals surface area contributed by atoms with Crippen LogP contribution >= 0.6 is 0 Å². The van der Waals surface area contributed by atoms with Gasteiger partial charge in [0.2, 0.25) is 11.5 Å². The van der Waals surface area contributed by atoms with Crippen molar-refractivity contribution in [2.75, 3.05) is 7.11 Å². The predicted octanol–water partition coefficient (Wildman–Crippen LogP) is 4.62. The monoisotopic (exact) mass is 549 g/mol. The third-order valence-electron chi connectivity index (χ3n) is 7.31. The standard InChI is InChI=1S/C27H26F3N9O/c1-14(15-5-9-17(10-6-15)23-35-19(12-37(23)2)27(28,29)30)39-24-18(38(3)26(39)31)11-32-22(36-24)20-21(16-7-8-16)33-13-34-25(20)40-4/h5-6,9-14,16,31H,7-8H2,1-4H3. The average Bonchev–Trinajstić information content (AvgIpc) is 3.67. The fourth-order valence-electron chi connectivity index (χ4n) is 4.99. The van der Waals surface area contributed by atoms with Crippen molar-refractivity contribution in [2.24, 2.45) is 14.1 Å². The lowest BCUT2D eigenvalue weighted by molar-refractivity contribution is -0.140. The number of rotatable bonds is 6. The minimum absolute atomic E-state index is 0.216. The number of halogens is 3. The van der Waals surface area contributed by atoms with E-state index in [-0.39, 0.29) is 17.5 Å². The van der Waals surface area contributed by atoms with Gasteiger partial charge in [-0.3, -0.25) is 9.98 Å². The fraction of sp³-hybridized carbons (Fsp3) is 0.333. The number of aromatic nitrogens is 8. The second kappa shape index (κ2) is 9.28. The van der Waals surface area contributed by atoms with Crippen molar-refractivity contribution < 1.29 is 17.9 Å². The maximum atomic E-state index is 13.1. The van der Waals surface area contributed by atoms with Crippen LogP contribution < -0.4 is 10.4 Å². The van der Waals surface area contributed by atoms with Crippen LogP contribution in [-0.4, -0.2) is 45.7 Å². The van der Waals surface area contributed by atoms with Crippen molar-refractivity contribution >= 4 is 11.2 Å². The van der Waals surface area contributed by atoms with Gasteiger partial charge in [-0.2, -0.15) is 13.2 Å². The molecule has 13 heteroatoms. The number of ether oxygens (including phenoxy) is 1. The van der Waals surface area contributed by atoms with E-state index in [1.54, 1.807) is 41.6 Å². The minimum atomic E-state index is -4.52. The molecular formula is C27H26F3N9O. The zero-order chi connectivity index (χ0) is 28.3. The van der Waals surface area contributed by atoms with Gasteiger partial charge in [0.15, 0.2) is 17.2 Å². The normalized spacial score (nSPS) is 14.6. The Labute approximate surface area is 226 Å². The van der Waals surface area contributed by atoms with Crippen LogP contribution in [0.1, 0.15) is 48.7 Å². The van der Waals surface area contributed by atoms with Crippen molar-refractivity contribution in [1.29, 1.82) is 5.41 Å². The second-order valence-corrected chi connectivity index (χ2v) is 9.93. The van der Waals surface area contributed by atoms with E-state index in [1.807, 2.05) is 19.1 Å². The van der Waals surface area contributed by atoms with Gasteiger partial charge in [-0.1, -0.05) is 24.3 Å². The molecule has 10 nitrogen and oxygen atoms in total. The SMILES string of the molecule is COc1ncnc(C2CC2)c1-c1ncc2c(n1)n(C(C)c1ccc(-c3nc(C(F)(F)F)cn3C)cc1)c(=N)n2C. The van der Waals surface area contributed by atoms with Gasteiger partial charge < -0.3 is 13.9 Å². The highest BCUT2D eigenvalue weighted by Crippen LogP contribution is 2.45. The first-order valence-corrected chi connectivity index (χ1v) is 12.7. The van der Waals surface area contributed by atoms with E-state index in [2.05, 4.69) is 19.9 Å². The molecule has 1 aromatic carbocycles. The molecule has 1 atom stereocenters. The fourth-order valence-corrected chi connectivity index (χ4v) is 4.99. The van der Waals surface area contributed by atoms with Gasteiger partial charge in [-0.15, -0.1) is 0 Å². The first-order valence-electron chi connectivity index (χ1n) is 12.7. The van der Waals surface area contributed by atoms with Gasteiger partial charge in [0.25, 0.3) is 0 Å². The maximum Gasteiger partial charge on any atom is 0.434 e. The maximum absolute atomic E-state index is 13.1. The van der Waals surface area contributed by atoms with Crippen LogP contribution in [0.2, 0.25) is 0 Å². The number of alkyl halides is 3. The molecule has 1 N–H and O–H groups in total. The number of nitrogens with zero attached hydrogens (tertiary/aromatic N) is 8. The van der Waals surface area contributed by atoms with Crippen molar-refractivity contribution in [3.63, 3.8) is 0 Å². The van der Waals surface area contributed by atoms with Gasteiger partial charge in [-0.05, 0) is 25.3 Å². The summed E-state index contributed by atoms with van der Waals surface area (Å²) < 4.78 is 49.8. The minimum Gasteiger partial charge on any atom is -0.480 e. The number of nitrogens with one attached hydrogen (secondary N) is 1. The number of hydrogen-bond acceptors (Lipinski definition) is 7. The van der Waals surface area contributed by atoms with Crippen LogP contribution in [0.25, 0.3) is 33.9 Å². The van der Waals surface area contributed by atoms with Crippen molar-refractivity contribution in [3.05, 3.63) is 65.6 Å². The Balaban J connectivity index is 1.41. The molecule has 206 valence electrons. The second-order valence-electron chi connectivity index (χ2n) is 9.93. The number of fused-ring (bicyclic) bond motifs is 1. The summed E-state index contributed by atoms with van der Waals surface area (Å²) in [7, 11) is 4.86. The molecule has 0 aliphatic heterocycles. The van der Waals surface area contributed by atoms with E-state index in [9.17, 15) is 13.2 Å². The number of benzene rings is 1. The van der Waals surface area contributed by atoms with Crippen LogP contribution in [-0.2, 0) is 20.3 Å². The Kier molecular flexibility index (Phi) is 5.97. The third kappa shape index (κ3) is 4.21. The van der Waals surface area contributed by atoms with Gasteiger partial charge in [0, 0.05) is 31.8 Å². The average molecular weight is 550 g/mol. The Morgan fingerprint density at radius 3 is 2.40 bits per heavy atom. The Morgan fingerprint density at radius 2 is 1.77 bits per heavy atom. The third-order valence-corrected chi connectivity index (χ3v) is 7.31. The molecule has 0 radical (unpaired) electrons. The van der Waals surface area contributed by atoms with Crippen LogP contribution in [0.3, 0.4) is 0 Å². The summed E-state index contributed by atoms with van der Waals surface area (Å²) in [4.78, 5) is 22.0. The topological polar surface area (TPSA) is 112 Å². The molecule has 1 saturated carbocycles. The number of imidazole rings is 2. The summed E-state index contributed by atoms with van der Waals surface area (Å²) in [5.41, 5.74) is 3.42. The Bertz CT molecular complexity index is 1800. The van der Waals surface area contributed by atoms with Crippen molar-refractivity contribution in [2.45, 2.75) is 37.9 Å². The zero-order valence-electron chi connectivity index (χ0n) is 22.2. The summed E-state index contributed by atoms with van der Waals surface area (Å²) in [6.07, 6.45) is 1.68. The molecular weight excluding hydrogens is 523 g/mol. The highest BCUT2D eigenvalue weighted by Gasteiger charge is 2.35. The molecule has 0 spiro atoms. The highest BCUT2D eigenvalue weighted by molar-refractivity contribution is 5.76. The molecule has 0 amide bonds. The summed E-state index contributed by atoms with van der Waals surface area (Å²) in [6.45, 7) is 1.94. The van der Waals surface area contributed by atoms with Gasteiger partial charge in [0.1, 0.15) is 23.2 Å². The largest absolute Gasteiger partial charge is 0.480 e. The van der Waals surface area contributed by atoms with E-state index in [0.717, 1.165) is 30.3 Å². The van der Waals surface area contributed by atoms with Gasteiger partial charge in [-0.25, -0.2) is 24.9 Å². The molecule has 4 aromatic heterocycles. The van der Waals surface area contributed by atoms with Crippen LogP contribution in [0.15, 0.2) is 43.0 Å². The lowest BCUT2D eigenvalue weighted by atomic mass is 10.1. The van der Waals surface area contributed by atoms with E-state index in [0.29, 0.717) is 39.9 Å². The van der Waals surface area contributed by atoms with Crippen molar-refractivity contribution in [3.8, 4) is 28.7 Å². The number of methoxy groups -OCH3 is 1. The summed E-state index contributed by atoms with van der Waals surface area (Å²) in [5.74, 6) is 1.35. The van der Waals surface area contributed by atoms with Crippen LogP contribution in [0, 0.1) is 5.41 Å². The zero-order valence-corrected chi connectivity index (χ0v) is 22.2. The van der Waals surface area contributed by atoms with E-state index in [1.165, 1.54) is 17.9 Å². The van der Waals surface area contributed by atoms with E-state index < -0.39 is 11.9 Å². The molecule has 0 bridgehead atoms. The summed E-state index contributed by atoms with van der Waals surface area (Å²) in [5, 5.41) is 8.83. The molecule has 4 heterocycles. The predicted molar refractivity (Wildman–Crippen MR) is 139 cm³/mol. The highest BCUT2D eigenvalue weighted by atomic mass is 19.4. The molecule has 1 unspecified atom stereocenters. The molecule has 6 rings (SSSR count). The smallest absolute Gasteiger partial charge is 0.434 e. The lowest BCUT2D eigenvalue weighted by Gasteiger charge is -2.16. The number of hydrogen-bond donors (Lipinski definition) is 1. The molecule has 1 fully saturated rings. The van der Waals surface area contributed by atoms with Gasteiger partial charge >= 0.3 is 6.18 Å². The molecule has 40 heavy (non-hydrogen) atoms. The first kappa shape index (κ1) is 25.7. The van der Waals surface area contributed by atoms with Crippen LogP contribution in [0.5, 0.6) is 5.88 Å². The van der Waals surface area contributed by atoms with Crippen molar-refractivity contribution in [1.82, 2.24) is 38.6 Å².